The molecule has 0 radical (unpaired) electrons. The second-order valence-electron chi connectivity index (χ2n) is 5.31. The van der Waals surface area contributed by atoms with Crippen LogP contribution in [-0.4, -0.2) is 64.6 Å². The Morgan fingerprint density at radius 2 is 1.78 bits per heavy atom. The van der Waals surface area contributed by atoms with Gasteiger partial charge < -0.3 is 4.90 Å². The first kappa shape index (κ1) is 17.9. The molecule has 4 nitrogen and oxygen atoms in total. The van der Waals surface area contributed by atoms with Crippen LogP contribution < -0.4 is 0 Å². The molecule has 1 heterocycles. The molecule has 0 aromatic heterocycles. The summed E-state index contributed by atoms with van der Waals surface area (Å²) >= 11 is 0. The predicted octanol–water partition coefficient (Wildman–Crippen LogP) is 2.13. The Kier molecular flexibility index (Phi) is 5.80. The van der Waals surface area contributed by atoms with Crippen LogP contribution in [0, 0.1) is 0 Å². The smallest absolute Gasteiger partial charge is 0.336 e. The summed E-state index contributed by atoms with van der Waals surface area (Å²) in [6.45, 7) is 1.66. The number of hydrogen-bond donors (Lipinski definition) is 0. The van der Waals surface area contributed by atoms with E-state index in [-0.39, 0.29) is 32.1 Å². The molecule has 1 amide bonds. The minimum atomic E-state index is -4.23. The molecule has 0 N–H and O–H groups in total. The van der Waals surface area contributed by atoms with Crippen molar-refractivity contribution in [2.45, 2.75) is 18.0 Å². The fourth-order valence-corrected chi connectivity index (χ4v) is 3.47. The fourth-order valence-electron chi connectivity index (χ4n) is 2.53. The van der Waals surface area contributed by atoms with Crippen molar-refractivity contribution in [3.05, 3.63) is 29.8 Å². The van der Waals surface area contributed by atoms with Gasteiger partial charge in [-0.25, -0.2) is 0 Å². The molecule has 1 aliphatic rings. The zero-order valence-corrected chi connectivity index (χ0v) is 13.6. The van der Waals surface area contributed by atoms with Crippen LogP contribution in [0.5, 0.6) is 0 Å². The lowest BCUT2D eigenvalue weighted by Gasteiger charge is -2.35. The molecular weight excluding hydrogens is 329 g/mol. The highest BCUT2D eigenvalue weighted by Crippen LogP contribution is 2.20. The van der Waals surface area contributed by atoms with Crippen molar-refractivity contribution in [1.29, 1.82) is 0 Å². The second kappa shape index (κ2) is 7.44. The van der Waals surface area contributed by atoms with Crippen molar-refractivity contribution in [3.8, 4) is 0 Å². The Balaban J connectivity index is 2.05. The van der Waals surface area contributed by atoms with E-state index >= 15 is 0 Å². The molecule has 0 unspecified atom stereocenters. The lowest BCUT2D eigenvalue weighted by Crippen LogP contribution is -2.51. The largest absolute Gasteiger partial charge is 0.401 e. The molecule has 1 aliphatic heterocycles. The van der Waals surface area contributed by atoms with Gasteiger partial charge in [0.05, 0.1) is 27.8 Å². The second-order valence-corrected chi connectivity index (χ2v) is 7.02. The van der Waals surface area contributed by atoms with Gasteiger partial charge in [-0.15, -0.1) is 0 Å². The van der Waals surface area contributed by atoms with Crippen LogP contribution >= 0.6 is 0 Å². The van der Waals surface area contributed by atoms with Crippen molar-refractivity contribution < 1.29 is 22.2 Å². The van der Waals surface area contributed by atoms with E-state index in [2.05, 4.69) is 0 Å². The number of nitrogens with zero attached hydrogens (tertiary/aromatic N) is 2. The van der Waals surface area contributed by atoms with Gasteiger partial charge in [0, 0.05) is 31.9 Å². The van der Waals surface area contributed by atoms with E-state index < -0.39 is 23.5 Å². The van der Waals surface area contributed by atoms with Crippen molar-refractivity contribution >= 4 is 16.7 Å². The zero-order valence-electron chi connectivity index (χ0n) is 12.8. The van der Waals surface area contributed by atoms with E-state index in [1.54, 1.807) is 31.2 Å². The summed E-state index contributed by atoms with van der Waals surface area (Å²) in [7, 11) is -1.25. The molecule has 2 rings (SSSR count). The number of alkyl halides is 3. The minimum absolute atomic E-state index is 0.185. The van der Waals surface area contributed by atoms with Crippen molar-refractivity contribution in [1.82, 2.24) is 9.80 Å². The van der Waals surface area contributed by atoms with E-state index in [0.717, 1.165) is 0 Å². The van der Waals surface area contributed by atoms with Crippen LogP contribution in [0.3, 0.4) is 0 Å². The number of carbonyl (C=O) groups is 1. The van der Waals surface area contributed by atoms with Gasteiger partial charge >= 0.3 is 6.18 Å². The molecule has 128 valence electrons. The molecule has 23 heavy (non-hydrogen) atoms. The van der Waals surface area contributed by atoms with E-state index in [4.69, 9.17) is 0 Å². The van der Waals surface area contributed by atoms with Gasteiger partial charge in [0.15, 0.2) is 0 Å². The number of halogens is 3. The number of hydrogen-bond acceptors (Lipinski definition) is 3. The van der Waals surface area contributed by atoms with Gasteiger partial charge in [0.2, 0.25) is 0 Å². The Morgan fingerprint density at radius 3 is 2.35 bits per heavy atom. The highest BCUT2D eigenvalue weighted by atomic mass is 32.2. The molecule has 0 saturated carbocycles. The van der Waals surface area contributed by atoms with Gasteiger partial charge in [-0.1, -0.05) is 19.1 Å². The normalized spacial score (nSPS) is 18.0. The summed E-state index contributed by atoms with van der Waals surface area (Å²) in [6.07, 6.45) is -4.23. The molecule has 1 aromatic rings. The van der Waals surface area contributed by atoms with Crippen molar-refractivity contribution in [2.75, 3.05) is 38.5 Å². The first-order valence-electron chi connectivity index (χ1n) is 7.37. The highest BCUT2D eigenvalue weighted by Gasteiger charge is 2.33. The number of benzene rings is 1. The Morgan fingerprint density at radius 1 is 1.17 bits per heavy atom. The highest BCUT2D eigenvalue weighted by molar-refractivity contribution is 7.85. The molecule has 1 fully saturated rings. The molecule has 0 aliphatic carbocycles. The Bertz CT molecular complexity index is 584. The van der Waals surface area contributed by atoms with Gasteiger partial charge in [-0.05, 0) is 12.1 Å². The molecule has 0 bridgehead atoms. The molecule has 1 aromatic carbocycles. The SMILES string of the molecule is CC[S@@](=O)c1ccccc1C(=O)N1CCN(CC(F)(F)F)CC1. The third-order valence-electron chi connectivity index (χ3n) is 3.69. The molecule has 1 atom stereocenters. The fraction of sp³-hybridized carbons (Fsp3) is 0.533. The first-order chi connectivity index (χ1) is 10.8. The Hall–Kier alpha value is -1.41. The van der Waals surface area contributed by atoms with Crippen molar-refractivity contribution in [2.24, 2.45) is 0 Å². The zero-order chi connectivity index (χ0) is 17.0. The predicted molar refractivity (Wildman–Crippen MR) is 81.8 cm³/mol. The molecular formula is C15H19F3N2O2S. The van der Waals surface area contributed by atoms with Gasteiger partial charge in [-0.2, -0.15) is 13.2 Å². The van der Waals surface area contributed by atoms with Crippen LogP contribution in [0.1, 0.15) is 17.3 Å². The summed E-state index contributed by atoms with van der Waals surface area (Å²) in [4.78, 5) is 15.9. The first-order valence-corrected chi connectivity index (χ1v) is 8.69. The third kappa shape index (κ3) is 4.78. The molecule has 1 saturated heterocycles. The summed E-state index contributed by atoms with van der Waals surface area (Å²) in [5.74, 6) is 0.137. The number of carbonyl (C=O) groups excluding carboxylic acids is 1. The van der Waals surface area contributed by atoms with Gasteiger partial charge in [0.1, 0.15) is 0 Å². The summed E-state index contributed by atoms with van der Waals surface area (Å²) < 4.78 is 49.2. The summed E-state index contributed by atoms with van der Waals surface area (Å²) in [5, 5.41) is 0. The quantitative estimate of drug-likeness (QED) is 0.837. The lowest BCUT2D eigenvalue weighted by molar-refractivity contribution is -0.148. The van der Waals surface area contributed by atoms with Crippen LogP contribution in [0.2, 0.25) is 0 Å². The lowest BCUT2D eigenvalue weighted by atomic mass is 10.2. The van der Waals surface area contributed by atoms with Gasteiger partial charge in [-0.3, -0.25) is 13.9 Å². The average molecular weight is 348 g/mol. The monoisotopic (exact) mass is 348 g/mol. The van der Waals surface area contributed by atoms with Crippen molar-refractivity contribution in [3.63, 3.8) is 0 Å². The Labute approximate surface area is 135 Å². The van der Waals surface area contributed by atoms with E-state index in [0.29, 0.717) is 16.2 Å². The van der Waals surface area contributed by atoms with E-state index in [1.165, 1.54) is 9.80 Å². The maximum atomic E-state index is 12.6. The van der Waals surface area contributed by atoms with Crippen LogP contribution in [0.15, 0.2) is 29.2 Å². The molecule has 0 spiro atoms. The maximum absolute atomic E-state index is 12.6. The summed E-state index contributed by atoms with van der Waals surface area (Å²) in [5.41, 5.74) is 0.372. The number of amides is 1. The minimum Gasteiger partial charge on any atom is -0.336 e. The number of rotatable bonds is 4. The average Bonchev–Trinajstić information content (AvgIpc) is 2.52. The van der Waals surface area contributed by atoms with E-state index in [1.807, 2.05) is 0 Å². The summed E-state index contributed by atoms with van der Waals surface area (Å²) in [6, 6.07) is 6.70. The van der Waals surface area contributed by atoms with Crippen LogP contribution in [0.25, 0.3) is 0 Å². The molecule has 8 heteroatoms. The van der Waals surface area contributed by atoms with Crippen LogP contribution in [0.4, 0.5) is 13.2 Å². The van der Waals surface area contributed by atoms with Crippen LogP contribution in [-0.2, 0) is 10.8 Å². The maximum Gasteiger partial charge on any atom is 0.401 e. The number of piperazine rings is 1. The van der Waals surface area contributed by atoms with Gasteiger partial charge in [0.25, 0.3) is 5.91 Å². The topological polar surface area (TPSA) is 40.6 Å². The third-order valence-corrected chi connectivity index (χ3v) is 5.06. The standard InChI is InChI=1S/C15H19F3N2O2S/c1-2-23(22)13-6-4-3-5-12(13)14(21)20-9-7-19(8-10-20)11-15(16,17)18/h3-6H,2,7-11H2,1H3/t23-/m1/s1. The van der Waals surface area contributed by atoms with E-state index in [9.17, 15) is 22.2 Å².